The van der Waals surface area contributed by atoms with E-state index < -0.39 is 5.60 Å². The Morgan fingerprint density at radius 3 is 2.64 bits per heavy atom. The van der Waals surface area contributed by atoms with Crippen LogP contribution in [0.2, 0.25) is 0 Å². The van der Waals surface area contributed by atoms with Crippen LogP contribution in [0.4, 0.5) is 0 Å². The second-order valence-corrected chi connectivity index (χ2v) is 4.02. The third-order valence-corrected chi connectivity index (χ3v) is 2.91. The summed E-state index contributed by atoms with van der Waals surface area (Å²) in [5.41, 5.74) is 0.0875. The molecule has 1 aromatic carbocycles. The van der Waals surface area contributed by atoms with Crippen molar-refractivity contribution in [3.63, 3.8) is 0 Å². The Balaban J connectivity index is 2.22. The van der Waals surface area contributed by atoms with Gasteiger partial charge >= 0.3 is 0 Å². The summed E-state index contributed by atoms with van der Waals surface area (Å²) in [4.78, 5) is 0. The van der Waals surface area contributed by atoms with Crippen LogP contribution >= 0.6 is 0 Å². The molecule has 1 fully saturated rings. The minimum absolute atomic E-state index is 0.0510. The second-order valence-electron chi connectivity index (χ2n) is 4.02. The first-order valence-corrected chi connectivity index (χ1v) is 5.11. The molecule has 1 saturated heterocycles. The largest absolute Gasteiger partial charge is 0.383 e. The van der Waals surface area contributed by atoms with Crippen molar-refractivity contribution in [3.05, 3.63) is 35.9 Å². The summed E-state index contributed by atoms with van der Waals surface area (Å²) in [6.45, 7) is 2.60. The summed E-state index contributed by atoms with van der Waals surface area (Å²) in [6, 6.07) is 9.73. The van der Waals surface area contributed by atoms with E-state index in [0.29, 0.717) is 0 Å². The van der Waals surface area contributed by atoms with E-state index in [2.05, 4.69) is 0 Å². The van der Waals surface area contributed by atoms with Crippen molar-refractivity contribution in [2.45, 2.75) is 31.5 Å². The maximum absolute atomic E-state index is 10.4. The lowest BCUT2D eigenvalue weighted by atomic mass is 9.89. The summed E-state index contributed by atoms with van der Waals surface area (Å²) in [5, 5.41) is 10.4. The van der Waals surface area contributed by atoms with Gasteiger partial charge in [0.15, 0.2) is 0 Å². The molecule has 76 valence electrons. The minimum atomic E-state index is -0.849. The molecule has 0 unspecified atom stereocenters. The molecule has 2 nitrogen and oxygen atoms in total. The molecule has 0 spiro atoms. The summed E-state index contributed by atoms with van der Waals surface area (Å²) in [6.07, 6.45) is 1.94. The molecule has 0 aliphatic carbocycles. The molecule has 2 heteroatoms. The zero-order chi connectivity index (χ0) is 10.0. The highest BCUT2D eigenvalue weighted by molar-refractivity contribution is 5.23. The first-order valence-electron chi connectivity index (χ1n) is 5.11. The normalized spacial score (nSPS) is 26.0. The number of rotatable bonds is 2. The lowest BCUT2D eigenvalue weighted by Crippen LogP contribution is -2.35. The monoisotopic (exact) mass is 192 g/mol. The van der Waals surface area contributed by atoms with Crippen LogP contribution < -0.4 is 0 Å². The van der Waals surface area contributed by atoms with Crippen LogP contribution in [0, 0.1) is 0 Å². The smallest absolute Gasteiger partial charge is 0.113 e. The van der Waals surface area contributed by atoms with Gasteiger partial charge in [-0.15, -0.1) is 0 Å². The molecule has 0 saturated carbocycles. The second kappa shape index (κ2) is 3.71. The van der Waals surface area contributed by atoms with E-state index in [0.717, 1.165) is 25.0 Å². The zero-order valence-electron chi connectivity index (χ0n) is 8.44. The van der Waals surface area contributed by atoms with Crippen LogP contribution in [0.1, 0.15) is 25.3 Å². The highest BCUT2D eigenvalue weighted by Gasteiger charge is 2.36. The molecule has 1 aromatic rings. The van der Waals surface area contributed by atoms with Crippen molar-refractivity contribution in [1.82, 2.24) is 0 Å². The van der Waals surface area contributed by atoms with E-state index in [9.17, 15) is 5.11 Å². The molecule has 2 rings (SSSR count). The third-order valence-electron chi connectivity index (χ3n) is 2.91. The van der Waals surface area contributed by atoms with Crippen molar-refractivity contribution in [2.75, 3.05) is 6.61 Å². The van der Waals surface area contributed by atoms with Gasteiger partial charge in [0, 0.05) is 6.61 Å². The third kappa shape index (κ3) is 1.68. The fraction of sp³-hybridized carbons (Fsp3) is 0.500. The van der Waals surface area contributed by atoms with E-state index in [4.69, 9.17) is 4.74 Å². The van der Waals surface area contributed by atoms with Crippen molar-refractivity contribution < 1.29 is 9.84 Å². The maximum Gasteiger partial charge on any atom is 0.113 e. The quantitative estimate of drug-likeness (QED) is 0.777. The summed E-state index contributed by atoms with van der Waals surface area (Å²) in [5.74, 6) is 0. The zero-order valence-corrected chi connectivity index (χ0v) is 8.44. The average molecular weight is 192 g/mol. The molecule has 1 aliphatic rings. The Morgan fingerprint density at radius 2 is 2.07 bits per heavy atom. The van der Waals surface area contributed by atoms with Gasteiger partial charge in [0.25, 0.3) is 0 Å². The summed E-state index contributed by atoms with van der Waals surface area (Å²) in [7, 11) is 0. The predicted molar refractivity (Wildman–Crippen MR) is 55.0 cm³/mol. The highest BCUT2D eigenvalue weighted by atomic mass is 16.5. The van der Waals surface area contributed by atoms with E-state index in [1.54, 1.807) is 0 Å². The summed E-state index contributed by atoms with van der Waals surface area (Å²) < 4.78 is 5.52. The topological polar surface area (TPSA) is 29.5 Å². The molecule has 0 radical (unpaired) electrons. The predicted octanol–water partition coefficient (Wildman–Crippen LogP) is 2.07. The van der Waals surface area contributed by atoms with Gasteiger partial charge in [-0.25, -0.2) is 0 Å². The van der Waals surface area contributed by atoms with Crippen LogP contribution in [0.15, 0.2) is 30.3 Å². The number of benzene rings is 1. The van der Waals surface area contributed by atoms with E-state index in [1.807, 2.05) is 37.3 Å². The molecule has 0 amide bonds. The fourth-order valence-electron chi connectivity index (χ4n) is 1.98. The van der Waals surface area contributed by atoms with Crippen LogP contribution in [0.5, 0.6) is 0 Å². The fourth-order valence-corrected chi connectivity index (χ4v) is 1.98. The molecule has 1 aliphatic heterocycles. The molecule has 0 aromatic heterocycles. The minimum Gasteiger partial charge on any atom is -0.383 e. The van der Waals surface area contributed by atoms with Gasteiger partial charge in [-0.05, 0) is 25.3 Å². The Bertz CT molecular complexity index is 286. The standard InChI is InChI=1S/C12H16O2/c1-12(13,11-8-5-9-14-11)10-6-3-2-4-7-10/h2-4,6-7,11,13H,5,8-9H2,1H3/t11-,12+/m0/s1. The molecular formula is C12H16O2. The molecule has 0 bridgehead atoms. The molecule has 1 N–H and O–H groups in total. The molecular weight excluding hydrogens is 176 g/mol. The van der Waals surface area contributed by atoms with Crippen molar-refractivity contribution in [1.29, 1.82) is 0 Å². The Labute approximate surface area is 84.5 Å². The van der Waals surface area contributed by atoms with Crippen molar-refractivity contribution in [3.8, 4) is 0 Å². The van der Waals surface area contributed by atoms with Crippen molar-refractivity contribution in [2.24, 2.45) is 0 Å². The molecule has 1 heterocycles. The molecule has 2 atom stereocenters. The van der Waals surface area contributed by atoms with Gasteiger partial charge in [-0.1, -0.05) is 30.3 Å². The lowest BCUT2D eigenvalue weighted by molar-refractivity contribution is -0.0774. The average Bonchev–Trinajstić information content (AvgIpc) is 2.72. The first kappa shape index (κ1) is 9.69. The number of ether oxygens (including phenoxy) is 1. The van der Waals surface area contributed by atoms with Gasteiger partial charge in [0.1, 0.15) is 5.60 Å². The SMILES string of the molecule is C[C@@](O)(c1ccccc1)[C@@H]1CCCO1. The van der Waals surface area contributed by atoms with Gasteiger partial charge in [-0.3, -0.25) is 0 Å². The van der Waals surface area contributed by atoms with Crippen LogP contribution in [0.25, 0.3) is 0 Å². The first-order chi connectivity index (χ1) is 6.71. The van der Waals surface area contributed by atoms with Gasteiger partial charge in [0.2, 0.25) is 0 Å². The van der Waals surface area contributed by atoms with Gasteiger partial charge in [0.05, 0.1) is 6.10 Å². The van der Waals surface area contributed by atoms with Crippen LogP contribution in [0.3, 0.4) is 0 Å². The number of hydrogen-bond donors (Lipinski definition) is 1. The lowest BCUT2D eigenvalue weighted by Gasteiger charge is -2.29. The summed E-state index contributed by atoms with van der Waals surface area (Å²) >= 11 is 0. The van der Waals surface area contributed by atoms with Crippen molar-refractivity contribution >= 4 is 0 Å². The van der Waals surface area contributed by atoms with Gasteiger partial charge in [-0.2, -0.15) is 0 Å². The van der Waals surface area contributed by atoms with Crippen LogP contribution in [-0.2, 0) is 10.3 Å². The maximum atomic E-state index is 10.4. The van der Waals surface area contributed by atoms with Crippen LogP contribution in [-0.4, -0.2) is 17.8 Å². The van der Waals surface area contributed by atoms with E-state index in [-0.39, 0.29) is 6.10 Å². The number of hydrogen-bond acceptors (Lipinski definition) is 2. The number of aliphatic hydroxyl groups is 1. The van der Waals surface area contributed by atoms with Gasteiger partial charge < -0.3 is 9.84 Å². The molecule has 14 heavy (non-hydrogen) atoms. The highest BCUT2D eigenvalue weighted by Crippen LogP contribution is 2.32. The Hall–Kier alpha value is -0.860. The van der Waals surface area contributed by atoms with E-state index >= 15 is 0 Å². The Kier molecular flexibility index (Phi) is 2.57. The van der Waals surface area contributed by atoms with E-state index in [1.165, 1.54) is 0 Å². The Morgan fingerprint density at radius 1 is 1.36 bits per heavy atom.